The third-order valence-corrected chi connectivity index (χ3v) is 2.61. The first-order valence-corrected chi connectivity index (χ1v) is 5.34. The molecule has 1 fully saturated rings. The van der Waals surface area contributed by atoms with E-state index in [0.717, 1.165) is 32.5 Å². The smallest absolute Gasteiger partial charge is 0.0668 e. The number of hydrogen-bond donors (Lipinski definition) is 2. The van der Waals surface area contributed by atoms with Crippen molar-refractivity contribution < 1.29 is 10.2 Å². The van der Waals surface area contributed by atoms with Crippen molar-refractivity contribution in [1.29, 1.82) is 0 Å². The van der Waals surface area contributed by atoms with Gasteiger partial charge in [-0.2, -0.15) is 0 Å². The molecule has 3 heteroatoms. The highest BCUT2D eigenvalue weighted by Crippen LogP contribution is 2.10. The summed E-state index contributed by atoms with van der Waals surface area (Å²) >= 11 is 0. The number of rotatable bonds is 5. The van der Waals surface area contributed by atoms with E-state index < -0.39 is 0 Å². The average molecular weight is 187 g/mol. The van der Waals surface area contributed by atoms with E-state index in [1.807, 2.05) is 0 Å². The van der Waals surface area contributed by atoms with Crippen molar-refractivity contribution >= 4 is 0 Å². The van der Waals surface area contributed by atoms with Crippen LogP contribution in [0.1, 0.15) is 32.1 Å². The molecule has 0 saturated carbocycles. The normalized spacial score (nSPS) is 21.7. The van der Waals surface area contributed by atoms with E-state index in [-0.39, 0.29) is 12.7 Å². The summed E-state index contributed by atoms with van der Waals surface area (Å²) in [7, 11) is 0. The third kappa shape index (κ3) is 4.60. The van der Waals surface area contributed by atoms with Gasteiger partial charge < -0.3 is 15.1 Å². The fourth-order valence-electron chi connectivity index (χ4n) is 1.86. The Hall–Kier alpha value is -0.120. The first kappa shape index (κ1) is 11.0. The summed E-state index contributed by atoms with van der Waals surface area (Å²) in [5.41, 5.74) is 0. The molecule has 3 nitrogen and oxygen atoms in total. The predicted octanol–water partition coefficient (Wildman–Crippen LogP) is 0.606. The van der Waals surface area contributed by atoms with Crippen molar-refractivity contribution in [1.82, 2.24) is 4.90 Å². The number of likely N-dealkylation sites (tertiary alicyclic amines) is 1. The molecule has 2 N–H and O–H groups in total. The van der Waals surface area contributed by atoms with E-state index in [9.17, 15) is 5.11 Å². The molecule has 0 aromatic rings. The van der Waals surface area contributed by atoms with Crippen LogP contribution in [0.4, 0.5) is 0 Å². The second-order valence-corrected chi connectivity index (χ2v) is 3.88. The van der Waals surface area contributed by atoms with Crippen LogP contribution in [0.3, 0.4) is 0 Å². The fraction of sp³-hybridized carbons (Fsp3) is 1.00. The predicted molar refractivity (Wildman–Crippen MR) is 52.6 cm³/mol. The average Bonchev–Trinajstić information content (AvgIpc) is 2.16. The van der Waals surface area contributed by atoms with E-state index in [0.29, 0.717) is 0 Å². The highest BCUT2D eigenvalue weighted by Gasteiger charge is 2.13. The number of β-amino-alcohol motifs (C(OH)–C–C–N with tert-alkyl or cyclic N) is 1. The first-order valence-electron chi connectivity index (χ1n) is 5.34. The Morgan fingerprint density at radius 3 is 2.46 bits per heavy atom. The maximum atomic E-state index is 9.58. The van der Waals surface area contributed by atoms with Crippen molar-refractivity contribution in [3.63, 3.8) is 0 Å². The summed E-state index contributed by atoms with van der Waals surface area (Å²) in [6.45, 7) is 3.25. The van der Waals surface area contributed by atoms with Crippen molar-refractivity contribution in [3.8, 4) is 0 Å². The number of nitrogens with zero attached hydrogens (tertiary/aromatic N) is 1. The van der Waals surface area contributed by atoms with Crippen LogP contribution in [-0.2, 0) is 0 Å². The lowest BCUT2D eigenvalue weighted by Gasteiger charge is -2.28. The molecule has 0 spiro atoms. The summed E-state index contributed by atoms with van der Waals surface area (Å²) in [5.74, 6) is 0. The highest BCUT2D eigenvalue weighted by molar-refractivity contribution is 4.68. The van der Waals surface area contributed by atoms with E-state index in [1.54, 1.807) is 0 Å². The lowest BCUT2D eigenvalue weighted by Crippen LogP contribution is -2.36. The van der Waals surface area contributed by atoms with Gasteiger partial charge in [0.25, 0.3) is 0 Å². The molecule has 78 valence electrons. The van der Waals surface area contributed by atoms with Crippen LogP contribution >= 0.6 is 0 Å². The van der Waals surface area contributed by atoms with Gasteiger partial charge in [0, 0.05) is 13.2 Å². The SMILES string of the molecule is OCCCC(O)CN1CCCCC1. The second-order valence-electron chi connectivity index (χ2n) is 3.88. The Bertz CT molecular complexity index is 124. The van der Waals surface area contributed by atoms with Crippen LogP contribution in [0.25, 0.3) is 0 Å². The van der Waals surface area contributed by atoms with Crippen LogP contribution in [0.2, 0.25) is 0 Å². The topological polar surface area (TPSA) is 43.7 Å². The summed E-state index contributed by atoms with van der Waals surface area (Å²) in [6.07, 6.45) is 5.08. The van der Waals surface area contributed by atoms with Gasteiger partial charge in [-0.1, -0.05) is 6.42 Å². The van der Waals surface area contributed by atoms with E-state index in [1.165, 1.54) is 19.3 Å². The minimum Gasteiger partial charge on any atom is -0.396 e. The molecule has 1 heterocycles. The Labute approximate surface area is 80.4 Å². The molecule has 1 aliphatic rings. The molecule has 0 aromatic heterocycles. The molecule has 13 heavy (non-hydrogen) atoms. The zero-order chi connectivity index (χ0) is 9.52. The van der Waals surface area contributed by atoms with Crippen molar-refractivity contribution in [2.24, 2.45) is 0 Å². The van der Waals surface area contributed by atoms with Gasteiger partial charge in [0.15, 0.2) is 0 Å². The Balaban J connectivity index is 2.07. The standard InChI is InChI=1S/C10H21NO2/c12-8-4-5-10(13)9-11-6-2-1-3-7-11/h10,12-13H,1-9H2. The van der Waals surface area contributed by atoms with Gasteiger partial charge in [-0.05, 0) is 38.8 Å². The van der Waals surface area contributed by atoms with Gasteiger partial charge in [-0.25, -0.2) is 0 Å². The van der Waals surface area contributed by atoms with Gasteiger partial charge >= 0.3 is 0 Å². The van der Waals surface area contributed by atoms with Gasteiger partial charge in [0.1, 0.15) is 0 Å². The maximum absolute atomic E-state index is 9.58. The van der Waals surface area contributed by atoms with Crippen LogP contribution in [0, 0.1) is 0 Å². The largest absolute Gasteiger partial charge is 0.396 e. The summed E-state index contributed by atoms with van der Waals surface area (Å²) in [4.78, 5) is 2.32. The minimum atomic E-state index is -0.245. The number of aliphatic hydroxyl groups excluding tert-OH is 2. The molecule has 1 atom stereocenters. The summed E-state index contributed by atoms with van der Waals surface area (Å²) in [6, 6.07) is 0. The van der Waals surface area contributed by atoms with Crippen molar-refractivity contribution in [2.75, 3.05) is 26.2 Å². The van der Waals surface area contributed by atoms with E-state index in [4.69, 9.17) is 5.11 Å². The van der Waals surface area contributed by atoms with Gasteiger partial charge in [-0.3, -0.25) is 0 Å². The summed E-state index contributed by atoms with van der Waals surface area (Å²) < 4.78 is 0. The second kappa shape index (κ2) is 6.35. The molecule has 1 unspecified atom stereocenters. The monoisotopic (exact) mass is 187 g/mol. The van der Waals surface area contributed by atoms with Gasteiger partial charge in [-0.15, -0.1) is 0 Å². The molecule has 0 amide bonds. The quantitative estimate of drug-likeness (QED) is 0.662. The Morgan fingerprint density at radius 2 is 1.85 bits per heavy atom. The minimum absolute atomic E-state index is 0.192. The van der Waals surface area contributed by atoms with Crippen molar-refractivity contribution in [3.05, 3.63) is 0 Å². The summed E-state index contributed by atoms with van der Waals surface area (Å²) in [5, 5.41) is 18.2. The molecule has 0 aliphatic carbocycles. The van der Waals surface area contributed by atoms with Crippen LogP contribution in [0.5, 0.6) is 0 Å². The zero-order valence-corrected chi connectivity index (χ0v) is 8.28. The molecular weight excluding hydrogens is 166 g/mol. The molecule has 0 radical (unpaired) electrons. The number of hydrogen-bond acceptors (Lipinski definition) is 3. The third-order valence-electron chi connectivity index (χ3n) is 2.61. The van der Waals surface area contributed by atoms with Gasteiger partial charge in [0.2, 0.25) is 0 Å². The first-order chi connectivity index (χ1) is 6.33. The Kier molecular flexibility index (Phi) is 5.35. The lowest BCUT2D eigenvalue weighted by molar-refractivity contribution is 0.0885. The lowest BCUT2D eigenvalue weighted by atomic mass is 10.1. The zero-order valence-electron chi connectivity index (χ0n) is 8.28. The van der Waals surface area contributed by atoms with Crippen LogP contribution in [-0.4, -0.2) is 47.5 Å². The molecular formula is C10H21NO2. The molecule has 1 aliphatic heterocycles. The Morgan fingerprint density at radius 1 is 1.15 bits per heavy atom. The van der Waals surface area contributed by atoms with Crippen molar-refractivity contribution in [2.45, 2.75) is 38.2 Å². The molecule has 0 aromatic carbocycles. The molecule has 0 bridgehead atoms. The molecule has 1 saturated heterocycles. The highest BCUT2D eigenvalue weighted by atomic mass is 16.3. The van der Waals surface area contributed by atoms with E-state index >= 15 is 0 Å². The van der Waals surface area contributed by atoms with Crippen LogP contribution in [0.15, 0.2) is 0 Å². The fourth-order valence-corrected chi connectivity index (χ4v) is 1.86. The van der Waals surface area contributed by atoms with Gasteiger partial charge in [0.05, 0.1) is 6.10 Å². The number of piperidine rings is 1. The van der Waals surface area contributed by atoms with E-state index in [2.05, 4.69) is 4.90 Å². The van der Waals surface area contributed by atoms with Crippen LogP contribution < -0.4 is 0 Å². The maximum Gasteiger partial charge on any atom is 0.0668 e. The molecule has 1 rings (SSSR count). The number of aliphatic hydroxyl groups is 2.